The van der Waals surface area contributed by atoms with Gasteiger partial charge in [0.1, 0.15) is 17.8 Å². The van der Waals surface area contributed by atoms with Crippen molar-refractivity contribution in [3.8, 4) is 0 Å². The van der Waals surface area contributed by atoms with Gasteiger partial charge in [-0.25, -0.2) is 18.4 Å². The molecule has 1 saturated heterocycles. The molecule has 1 N–H and O–H groups in total. The molecule has 2 fully saturated rings. The highest BCUT2D eigenvalue weighted by Crippen LogP contribution is 2.46. The zero-order valence-corrected chi connectivity index (χ0v) is 21.4. The van der Waals surface area contributed by atoms with Gasteiger partial charge < -0.3 is 14.8 Å². The number of carbonyl (C=O) groups is 1. The quantitative estimate of drug-likeness (QED) is 0.396. The molecule has 3 aromatic heterocycles. The first-order valence-electron chi connectivity index (χ1n) is 12.2. The number of rotatable bonds is 7. The lowest BCUT2D eigenvalue weighted by Crippen LogP contribution is -2.57. The van der Waals surface area contributed by atoms with E-state index in [-0.39, 0.29) is 22.1 Å². The Kier molecular flexibility index (Phi) is 5.80. The molecule has 1 amide bonds. The minimum Gasteiger partial charge on any atom is -0.352 e. The minimum absolute atomic E-state index is 0.0386. The number of aromatic amines is 1. The Bertz CT molecular complexity index is 1490. The number of nitrogens with one attached hydrogen (secondary N) is 1. The van der Waals surface area contributed by atoms with Crippen LogP contribution in [0.4, 0.5) is 5.82 Å². The van der Waals surface area contributed by atoms with Gasteiger partial charge in [-0.2, -0.15) is 0 Å². The Hall–Kier alpha value is -3.24. The molecule has 1 aliphatic heterocycles. The molecule has 10 heteroatoms. The first-order chi connectivity index (χ1) is 17.5. The van der Waals surface area contributed by atoms with Gasteiger partial charge in [0.25, 0.3) is 5.91 Å². The number of aromatic nitrogens is 3. The fraction of sp³-hybridized carbons (Fsp3) is 0.346. The lowest BCUT2D eigenvalue weighted by Gasteiger charge is -2.42. The van der Waals surface area contributed by atoms with Crippen LogP contribution in [0.1, 0.15) is 34.5 Å². The molecule has 186 valence electrons. The molecule has 1 saturated carbocycles. The summed E-state index contributed by atoms with van der Waals surface area (Å²) in [4.78, 5) is 31.1. The van der Waals surface area contributed by atoms with Crippen molar-refractivity contribution in [3.05, 3.63) is 70.8 Å². The van der Waals surface area contributed by atoms with Gasteiger partial charge in [0.2, 0.25) is 0 Å². The highest BCUT2D eigenvalue weighted by molar-refractivity contribution is 7.91. The average Bonchev–Trinajstić information content (AvgIpc) is 3.27. The van der Waals surface area contributed by atoms with Crippen molar-refractivity contribution in [2.75, 3.05) is 30.3 Å². The number of piperazine rings is 1. The van der Waals surface area contributed by atoms with Gasteiger partial charge >= 0.3 is 0 Å². The highest BCUT2D eigenvalue weighted by atomic mass is 32.2. The van der Waals surface area contributed by atoms with Crippen LogP contribution in [0.2, 0.25) is 0 Å². The van der Waals surface area contributed by atoms with Crippen LogP contribution in [0.15, 0.2) is 65.3 Å². The van der Waals surface area contributed by atoms with Crippen LogP contribution >= 0.6 is 11.3 Å². The third-order valence-corrected chi connectivity index (χ3v) is 9.99. The average molecular weight is 522 g/mol. The number of amides is 1. The maximum atomic E-state index is 13.5. The summed E-state index contributed by atoms with van der Waals surface area (Å²) in [7, 11) is -3.38. The number of nitrogens with zero attached hydrogens (tertiary/aromatic N) is 4. The maximum Gasteiger partial charge on any atom is 0.254 e. The number of thiophene rings is 1. The van der Waals surface area contributed by atoms with Gasteiger partial charge in [-0.3, -0.25) is 4.79 Å². The first kappa shape index (κ1) is 23.2. The summed E-state index contributed by atoms with van der Waals surface area (Å²) in [6.07, 6.45) is 6.68. The van der Waals surface area contributed by atoms with Crippen molar-refractivity contribution in [2.24, 2.45) is 0 Å². The second-order valence-corrected chi connectivity index (χ2v) is 12.7. The van der Waals surface area contributed by atoms with Crippen LogP contribution < -0.4 is 4.90 Å². The number of hydrogen-bond donors (Lipinski definition) is 1. The number of aryl methyl sites for hydroxylation is 1. The standard InChI is InChI=1S/C26H27N5O3S2/c32-25(19-5-7-21(8-6-19)36(33,34)16-2-4-20-3-1-15-35-20)31-14-13-30(17-26(31)10-11-26)24-22-9-12-27-23(22)28-18-29-24/h1,3,5-9,12,15,18H,2,4,10-11,13-14,16-17H2,(H,27,28,29). The van der Waals surface area contributed by atoms with Crippen molar-refractivity contribution < 1.29 is 13.2 Å². The van der Waals surface area contributed by atoms with Crippen molar-refractivity contribution in [1.29, 1.82) is 0 Å². The zero-order chi connectivity index (χ0) is 24.8. The molecule has 8 nitrogen and oxygen atoms in total. The van der Waals surface area contributed by atoms with Crippen LogP contribution in [0, 0.1) is 0 Å². The van der Waals surface area contributed by atoms with Crippen LogP contribution in [0.25, 0.3) is 11.0 Å². The van der Waals surface area contributed by atoms with Gasteiger partial charge in [0.05, 0.1) is 21.6 Å². The number of hydrogen-bond acceptors (Lipinski definition) is 7. The van der Waals surface area contributed by atoms with E-state index in [9.17, 15) is 13.2 Å². The molecule has 6 rings (SSSR count). The van der Waals surface area contributed by atoms with E-state index in [1.807, 2.05) is 34.7 Å². The Morgan fingerprint density at radius 3 is 2.67 bits per heavy atom. The van der Waals surface area contributed by atoms with Crippen molar-refractivity contribution in [3.63, 3.8) is 0 Å². The van der Waals surface area contributed by atoms with Gasteiger partial charge in [0, 0.05) is 36.3 Å². The second-order valence-electron chi connectivity index (χ2n) is 9.57. The Balaban J connectivity index is 1.13. The molecule has 0 atom stereocenters. The van der Waals surface area contributed by atoms with Crippen molar-refractivity contribution in [2.45, 2.75) is 36.1 Å². The second kappa shape index (κ2) is 9.01. The molecule has 0 bridgehead atoms. The third-order valence-electron chi connectivity index (χ3n) is 7.23. The number of anilines is 1. The predicted octanol–water partition coefficient (Wildman–Crippen LogP) is 3.92. The maximum absolute atomic E-state index is 13.5. The van der Waals surface area contributed by atoms with Crippen LogP contribution in [0.5, 0.6) is 0 Å². The number of sulfone groups is 1. The molecule has 2 aliphatic rings. The van der Waals surface area contributed by atoms with E-state index in [1.165, 1.54) is 4.88 Å². The summed E-state index contributed by atoms with van der Waals surface area (Å²) in [6, 6.07) is 12.5. The third kappa shape index (κ3) is 4.28. The largest absolute Gasteiger partial charge is 0.352 e. The lowest BCUT2D eigenvalue weighted by molar-refractivity contribution is 0.0624. The number of carbonyl (C=O) groups excluding carboxylic acids is 1. The van der Waals surface area contributed by atoms with Gasteiger partial charge in [-0.1, -0.05) is 6.07 Å². The zero-order valence-electron chi connectivity index (χ0n) is 19.8. The molecule has 36 heavy (non-hydrogen) atoms. The van der Waals surface area contributed by atoms with Gasteiger partial charge in [-0.05, 0) is 67.5 Å². The molecule has 0 unspecified atom stereocenters. The fourth-order valence-electron chi connectivity index (χ4n) is 5.13. The number of H-pyrrole nitrogens is 1. The summed E-state index contributed by atoms with van der Waals surface area (Å²) in [5.74, 6) is 0.956. The number of fused-ring (bicyclic) bond motifs is 1. The van der Waals surface area contributed by atoms with Crippen LogP contribution in [-0.4, -0.2) is 65.1 Å². The summed E-state index contributed by atoms with van der Waals surface area (Å²) in [6.45, 7) is 2.01. The molecule has 1 aromatic carbocycles. The summed E-state index contributed by atoms with van der Waals surface area (Å²) >= 11 is 1.64. The topological polar surface area (TPSA) is 99.3 Å². The minimum atomic E-state index is -3.38. The predicted molar refractivity (Wildman–Crippen MR) is 140 cm³/mol. The molecule has 1 spiro atoms. The van der Waals surface area contributed by atoms with Crippen molar-refractivity contribution >= 4 is 43.9 Å². The van der Waals surface area contributed by atoms with Crippen LogP contribution in [0.3, 0.4) is 0 Å². The van der Waals surface area contributed by atoms with E-state index >= 15 is 0 Å². The van der Waals surface area contributed by atoms with E-state index in [0.29, 0.717) is 25.1 Å². The SMILES string of the molecule is O=C(c1ccc(S(=O)(=O)CCCc2cccs2)cc1)N1CCN(c2ncnc3[nH]ccc23)CC12CC2. The molecule has 0 radical (unpaired) electrons. The van der Waals surface area contributed by atoms with E-state index in [2.05, 4.69) is 19.9 Å². The van der Waals surface area contributed by atoms with Gasteiger partial charge in [0.15, 0.2) is 9.84 Å². The molecular formula is C26H27N5O3S2. The summed E-state index contributed by atoms with van der Waals surface area (Å²) < 4.78 is 25.6. The first-order valence-corrected chi connectivity index (χ1v) is 14.7. The Morgan fingerprint density at radius 2 is 1.92 bits per heavy atom. The summed E-state index contributed by atoms with van der Waals surface area (Å²) in [5.41, 5.74) is 1.14. The van der Waals surface area contributed by atoms with E-state index < -0.39 is 9.84 Å². The monoisotopic (exact) mass is 521 g/mol. The number of benzene rings is 1. The molecular weight excluding hydrogens is 494 g/mol. The lowest BCUT2D eigenvalue weighted by atomic mass is 10.1. The van der Waals surface area contributed by atoms with E-state index in [0.717, 1.165) is 42.7 Å². The molecule has 1 aliphatic carbocycles. The summed E-state index contributed by atoms with van der Waals surface area (Å²) in [5, 5.41) is 2.99. The highest BCUT2D eigenvalue weighted by Gasteiger charge is 2.53. The normalized spacial score (nSPS) is 17.1. The fourth-order valence-corrected chi connectivity index (χ4v) is 7.19. The Morgan fingerprint density at radius 1 is 1.08 bits per heavy atom. The van der Waals surface area contributed by atoms with Crippen LogP contribution in [-0.2, 0) is 16.3 Å². The molecule has 4 aromatic rings. The van der Waals surface area contributed by atoms with Gasteiger partial charge in [-0.15, -0.1) is 11.3 Å². The van der Waals surface area contributed by atoms with E-state index in [1.54, 1.807) is 41.9 Å². The molecule has 4 heterocycles. The smallest absolute Gasteiger partial charge is 0.254 e. The Labute approximate surface area is 213 Å². The van der Waals surface area contributed by atoms with E-state index in [4.69, 9.17) is 0 Å². The van der Waals surface area contributed by atoms with Crippen molar-refractivity contribution in [1.82, 2.24) is 19.9 Å².